The normalized spacial score (nSPS) is 17.0. The van der Waals surface area contributed by atoms with E-state index in [-0.39, 0.29) is 22.1 Å². The molecule has 1 heterocycles. The number of carbonyl (C=O) groups excluding carboxylic acids is 1. The summed E-state index contributed by atoms with van der Waals surface area (Å²) >= 11 is 1.89. The third kappa shape index (κ3) is 3.96. The van der Waals surface area contributed by atoms with E-state index in [0.717, 1.165) is 12.2 Å². The molecule has 164 valence electrons. The van der Waals surface area contributed by atoms with Gasteiger partial charge in [-0.3, -0.25) is 0 Å². The molecule has 0 bridgehead atoms. The number of fused-ring (bicyclic) bond motifs is 1. The van der Waals surface area contributed by atoms with Crippen molar-refractivity contribution in [2.75, 3.05) is 18.6 Å². The van der Waals surface area contributed by atoms with Gasteiger partial charge in [-0.1, -0.05) is 41.5 Å². The predicted molar refractivity (Wildman–Crippen MR) is 126 cm³/mol. The second-order valence-electron chi connectivity index (χ2n) is 10.2. The summed E-state index contributed by atoms with van der Waals surface area (Å²) in [6.45, 7) is 16.9. The zero-order valence-electron chi connectivity index (χ0n) is 19.5. The van der Waals surface area contributed by atoms with Gasteiger partial charge in [0, 0.05) is 23.2 Å². The van der Waals surface area contributed by atoms with Crippen LogP contribution in [0.25, 0.3) is 0 Å². The van der Waals surface area contributed by atoms with E-state index in [1.54, 1.807) is 12.1 Å². The Labute approximate surface area is 184 Å². The zero-order chi connectivity index (χ0) is 22.4. The number of benzene rings is 1. The van der Waals surface area contributed by atoms with Crippen LogP contribution >= 0.6 is 11.3 Å². The minimum atomic E-state index is -0.527. The van der Waals surface area contributed by atoms with Gasteiger partial charge in [-0.25, -0.2) is 4.79 Å². The van der Waals surface area contributed by atoms with Gasteiger partial charge in [0.05, 0.1) is 12.1 Å². The van der Waals surface area contributed by atoms with Crippen molar-refractivity contribution in [3.8, 4) is 5.75 Å². The SMILES string of the molecule is COC(=O)c1ccc(N(CC(C)C)c2sc3c(c2C)C(C)(C)CCC3(C)C)cc1O. The fourth-order valence-electron chi connectivity index (χ4n) is 4.56. The van der Waals surface area contributed by atoms with Crippen molar-refractivity contribution < 1.29 is 14.6 Å². The lowest BCUT2D eigenvalue weighted by Crippen LogP contribution is -2.32. The number of hydrogen-bond donors (Lipinski definition) is 1. The Bertz CT molecular complexity index is 956. The molecule has 1 aromatic carbocycles. The van der Waals surface area contributed by atoms with Crippen LogP contribution in [-0.2, 0) is 15.6 Å². The lowest BCUT2D eigenvalue weighted by atomic mass is 9.66. The molecule has 1 aliphatic carbocycles. The van der Waals surface area contributed by atoms with Crippen LogP contribution in [0.15, 0.2) is 18.2 Å². The maximum Gasteiger partial charge on any atom is 0.341 e. The second kappa shape index (κ2) is 7.92. The molecule has 0 spiro atoms. The molecule has 5 heteroatoms. The molecular weight excluding hydrogens is 394 g/mol. The van der Waals surface area contributed by atoms with Crippen LogP contribution in [0.2, 0.25) is 0 Å². The molecule has 3 rings (SSSR count). The Morgan fingerprint density at radius 1 is 1.20 bits per heavy atom. The van der Waals surface area contributed by atoms with E-state index in [2.05, 4.69) is 53.4 Å². The topological polar surface area (TPSA) is 49.8 Å². The largest absolute Gasteiger partial charge is 0.507 e. The van der Waals surface area contributed by atoms with Crippen molar-refractivity contribution in [2.45, 2.75) is 72.1 Å². The van der Waals surface area contributed by atoms with E-state index in [0.29, 0.717) is 5.92 Å². The highest BCUT2D eigenvalue weighted by molar-refractivity contribution is 7.16. The van der Waals surface area contributed by atoms with Crippen molar-refractivity contribution in [3.63, 3.8) is 0 Å². The Morgan fingerprint density at radius 3 is 2.37 bits per heavy atom. The first-order valence-corrected chi connectivity index (χ1v) is 11.5. The Kier molecular flexibility index (Phi) is 5.98. The van der Waals surface area contributed by atoms with E-state index in [1.807, 2.05) is 17.4 Å². The van der Waals surface area contributed by atoms with Crippen LogP contribution < -0.4 is 4.90 Å². The van der Waals surface area contributed by atoms with Gasteiger partial charge < -0.3 is 14.7 Å². The minimum absolute atomic E-state index is 0.0484. The van der Waals surface area contributed by atoms with Crippen molar-refractivity contribution >= 4 is 28.0 Å². The number of nitrogens with zero attached hydrogens (tertiary/aromatic N) is 1. The van der Waals surface area contributed by atoms with E-state index in [4.69, 9.17) is 4.74 Å². The molecule has 1 aromatic heterocycles. The lowest BCUT2D eigenvalue weighted by Gasteiger charge is -2.39. The van der Waals surface area contributed by atoms with Gasteiger partial charge in [-0.15, -0.1) is 11.3 Å². The first kappa shape index (κ1) is 22.7. The van der Waals surface area contributed by atoms with E-state index < -0.39 is 5.97 Å². The third-order valence-corrected chi connectivity index (χ3v) is 7.96. The molecule has 0 radical (unpaired) electrons. The van der Waals surface area contributed by atoms with Crippen molar-refractivity contribution in [3.05, 3.63) is 39.8 Å². The van der Waals surface area contributed by atoms with Crippen LogP contribution in [0.5, 0.6) is 5.75 Å². The van der Waals surface area contributed by atoms with Crippen LogP contribution in [0.1, 0.15) is 80.7 Å². The number of rotatable bonds is 5. The first-order valence-electron chi connectivity index (χ1n) is 10.7. The molecule has 0 amide bonds. The molecule has 1 N–H and O–H groups in total. The highest BCUT2D eigenvalue weighted by Gasteiger charge is 2.41. The van der Waals surface area contributed by atoms with Crippen LogP contribution in [0, 0.1) is 12.8 Å². The van der Waals surface area contributed by atoms with Crippen molar-refractivity contribution in [1.82, 2.24) is 0 Å². The highest BCUT2D eigenvalue weighted by Crippen LogP contribution is 2.54. The number of phenols is 1. The lowest BCUT2D eigenvalue weighted by molar-refractivity contribution is 0.0597. The molecule has 0 atom stereocenters. The molecule has 30 heavy (non-hydrogen) atoms. The van der Waals surface area contributed by atoms with Gasteiger partial charge >= 0.3 is 5.97 Å². The highest BCUT2D eigenvalue weighted by atomic mass is 32.1. The zero-order valence-corrected chi connectivity index (χ0v) is 20.4. The maximum atomic E-state index is 11.9. The average Bonchev–Trinajstić information content (AvgIpc) is 3.02. The summed E-state index contributed by atoms with van der Waals surface area (Å²) in [6.07, 6.45) is 2.37. The van der Waals surface area contributed by atoms with Crippen LogP contribution in [0.3, 0.4) is 0 Å². The molecule has 0 aliphatic heterocycles. The fourth-order valence-corrected chi connectivity index (χ4v) is 6.20. The third-order valence-electron chi connectivity index (χ3n) is 6.28. The molecule has 0 saturated heterocycles. The number of phenolic OH excluding ortho intramolecular Hbond substituents is 1. The van der Waals surface area contributed by atoms with Gasteiger partial charge in [0.1, 0.15) is 11.3 Å². The monoisotopic (exact) mass is 429 g/mol. The number of carbonyl (C=O) groups is 1. The average molecular weight is 430 g/mol. The van der Waals surface area contributed by atoms with Gasteiger partial charge in [-0.2, -0.15) is 0 Å². The number of anilines is 2. The minimum Gasteiger partial charge on any atom is -0.507 e. The van der Waals surface area contributed by atoms with Crippen LogP contribution in [0.4, 0.5) is 10.7 Å². The van der Waals surface area contributed by atoms with Gasteiger partial charge in [0.2, 0.25) is 0 Å². The van der Waals surface area contributed by atoms with Gasteiger partial charge in [0.15, 0.2) is 0 Å². The number of methoxy groups -OCH3 is 1. The smallest absolute Gasteiger partial charge is 0.341 e. The van der Waals surface area contributed by atoms with Gasteiger partial charge in [-0.05, 0) is 59.8 Å². The van der Waals surface area contributed by atoms with Crippen molar-refractivity contribution in [1.29, 1.82) is 0 Å². The van der Waals surface area contributed by atoms with Crippen molar-refractivity contribution in [2.24, 2.45) is 5.92 Å². The summed E-state index contributed by atoms with van der Waals surface area (Å²) in [4.78, 5) is 15.7. The second-order valence-corrected chi connectivity index (χ2v) is 11.2. The first-order chi connectivity index (χ1) is 13.9. The number of ether oxygens (including phenoxy) is 1. The molecule has 0 fully saturated rings. The number of esters is 1. The van der Waals surface area contributed by atoms with E-state index >= 15 is 0 Å². The summed E-state index contributed by atoms with van der Waals surface area (Å²) in [5.74, 6) is -0.138. The number of aromatic hydroxyl groups is 1. The van der Waals surface area contributed by atoms with E-state index in [1.165, 1.54) is 41.0 Å². The summed E-state index contributed by atoms with van der Waals surface area (Å²) in [5, 5.41) is 11.7. The summed E-state index contributed by atoms with van der Waals surface area (Å²) in [5.41, 5.74) is 4.23. The Balaban J connectivity index is 2.16. The number of hydrogen-bond acceptors (Lipinski definition) is 5. The van der Waals surface area contributed by atoms with Crippen LogP contribution in [-0.4, -0.2) is 24.7 Å². The fraction of sp³-hybridized carbons (Fsp3) is 0.560. The van der Waals surface area contributed by atoms with E-state index in [9.17, 15) is 9.90 Å². The molecule has 0 unspecified atom stereocenters. The molecule has 4 nitrogen and oxygen atoms in total. The predicted octanol–water partition coefficient (Wildman–Crippen LogP) is 6.69. The molecule has 0 saturated carbocycles. The molecular formula is C25H35NO3S. The molecule has 2 aromatic rings. The summed E-state index contributed by atoms with van der Waals surface area (Å²) < 4.78 is 4.78. The van der Waals surface area contributed by atoms with Gasteiger partial charge in [0.25, 0.3) is 0 Å². The summed E-state index contributed by atoms with van der Waals surface area (Å²) in [7, 11) is 1.32. The standard InChI is InChI=1S/C25H35NO3S/c1-15(2)14-26(17-9-10-18(19(27)13-17)23(28)29-8)22-16(3)20-21(30-22)25(6,7)12-11-24(20,4)5/h9-10,13,15,27H,11-12,14H2,1-8H3. The quantitative estimate of drug-likeness (QED) is 0.538. The Hall–Kier alpha value is -2.01. The summed E-state index contributed by atoms with van der Waals surface area (Å²) in [6, 6.07) is 5.24. The maximum absolute atomic E-state index is 11.9. The molecule has 1 aliphatic rings. The number of thiophene rings is 1. The Morgan fingerprint density at radius 2 is 1.83 bits per heavy atom.